The molecule has 1 N–H and O–H groups in total. The van der Waals surface area contributed by atoms with Crippen LogP contribution in [-0.4, -0.2) is 37.4 Å². The predicted octanol–water partition coefficient (Wildman–Crippen LogP) is 0.550. The minimum absolute atomic E-state index is 0.0947. The van der Waals surface area contributed by atoms with Crippen molar-refractivity contribution >= 4 is 11.9 Å². The minimum atomic E-state index is -1.23. The molecular weight excluding hydrogens is 224 g/mol. The molecule has 0 fully saturated rings. The SMILES string of the molecule is COC(=O)c1cccc(CC(O)C(=O)OC)c1. The van der Waals surface area contributed by atoms with Crippen molar-refractivity contribution in [1.29, 1.82) is 0 Å². The average molecular weight is 238 g/mol. The van der Waals surface area contributed by atoms with Crippen LogP contribution in [0.2, 0.25) is 0 Å². The number of ether oxygens (including phenoxy) is 2. The van der Waals surface area contributed by atoms with E-state index in [2.05, 4.69) is 9.47 Å². The van der Waals surface area contributed by atoms with E-state index in [9.17, 15) is 14.7 Å². The molecule has 0 radical (unpaired) electrons. The summed E-state index contributed by atoms with van der Waals surface area (Å²) in [4.78, 5) is 22.3. The molecule has 0 aliphatic carbocycles. The standard InChI is InChI=1S/C12H14O5/c1-16-11(14)9-5-3-4-8(6-9)7-10(13)12(15)17-2/h3-6,10,13H,7H2,1-2H3. The third-order valence-electron chi connectivity index (χ3n) is 2.25. The minimum Gasteiger partial charge on any atom is -0.467 e. The average Bonchev–Trinajstić information content (AvgIpc) is 2.37. The zero-order valence-corrected chi connectivity index (χ0v) is 9.67. The van der Waals surface area contributed by atoms with Crippen LogP contribution in [0.1, 0.15) is 15.9 Å². The van der Waals surface area contributed by atoms with Crippen molar-refractivity contribution in [3.63, 3.8) is 0 Å². The van der Waals surface area contributed by atoms with Gasteiger partial charge in [0.2, 0.25) is 0 Å². The van der Waals surface area contributed by atoms with E-state index in [4.69, 9.17) is 0 Å². The van der Waals surface area contributed by atoms with Crippen LogP contribution in [0.5, 0.6) is 0 Å². The molecule has 0 saturated carbocycles. The molecule has 5 nitrogen and oxygen atoms in total. The van der Waals surface area contributed by atoms with E-state index < -0.39 is 18.0 Å². The van der Waals surface area contributed by atoms with Crippen molar-refractivity contribution in [2.45, 2.75) is 12.5 Å². The summed E-state index contributed by atoms with van der Waals surface area (Å²) >= 11 is 0. The second kappa shape index (κ2) is 6.00. The summed E-state index contributed by atoms with van der Waals surface area (Å²) in [6.07, 6.45) is -1.13. The summed E-state index contributed by atoms with van der Waals surface area (Å²) in [6.45, 7) is 0. The van der Waals surface area contributed by atoms with Crippen molar-refractivity contribution in [2.75, 3.05) is 14.2 Å². The number of carbonyl (C=O) groups excluding carboxylic acids is 2. The molecule has 92 valence electrons. The van der Waals surface area contributed by atoms with E-state index in [1.165, 1.54) is 14.2 Å². The summed E-state index contributed by atoms with van der Waals surface area (Å²) in [5, 5.41) is 9.47. The molecule has 1 aromatic carbocycles. The zero-order chi connectivity index (χ0) is 12.8. The molecule has 1 rings (SSSR count). The van der Waals surface area contributed by atoms with E-state index in [1.807, 2.05) is 0 Å². The fourth-order valence-corrected chi connectivity index (χ4v) is 1.39. The number of hydrogen-bond donors (Lipinski definition) is 1. The summed E-state index contributed by atoms with van der Waals surface area (Å²) in [5.74, 6) is -1.16. The van der Waals surface area contributed by atoms with Gasteiger partial charge in [0.1, 0.15) is 0 Å². The number of methoxy groups -OCH3 is 2. The number of hydrogen-bond acceptors (Lipinski definition) is 5. The van der Waals surface area contributed by atoms with Gasteiger partial charge in [-0.1, -0.05) is 12.1 Å². The number of aliphatic hydroxyl groups excluding tert-OH is 1. The summed E-state index contributed by atoms with van der Waals surface area (Å²) < 4.78 is 8.97. The van der Waals surface area contributed by atoms with Gasteiger partial charge in [-0.05, 0) is 17.7 Å². The molecular formula is C12H14O5. The normalized spacial score (nSPS) is 11.7. The molecule has 0 spiro atoms. The van der Waals surface area contributed by atoms with Crippen molar-refractivity contribution in [1.82, 2.24) is 0 Å². The Kier molecular flexibility index (Phi) is 4.66. The summed E-state index contributed by atoms with van der Waals surface area (Å²) in [5.41, 5.74) is 1.04. The highest BCUT2D eigenvalue weighted by molar-refractivity contribution is 5.89. The Labute approximate surface area is 99.0 Å². The van der Waals surface area contributed by atoms with Crippen LogP contribution in [-0.2, 0) is 20.7 Å². The third-order valence-corrected chi connectivity index (χ3v) is 2.25. The van der Waals surface area contributed by atoms with Crippen LogP contribution in [0.15, 0.2) is 24.3 Å². The molecule has 0 aromatic heterocycles. The Morgan fingerprint density at radius 1 is 1.29 bits per heavy atom. The lowest BCUT2D eigenvalue weighted by molar-refractivity contribution is -0.150. The van der Waals surface area contributed by atoms with E-state index in [0.717, 1.165) is 0 Å². The van der Waals surface area contributed by atoms with Gasteiger partial charge in [0.15, 0.2) is 6.10 Å². The zero-order valence-electron chi connectivity index (χ0n) is 9.67. The molecule has 0 aliphatic heterocycles. The topological polar surface area (TPSA) is 72.8 Å². The van der Waals surface area contributed by atoms with Gasteiger partial charge < -0.3 is 14.6 Å². The van der Waals surface area contributed by atoms with Gasteiger partial charge in [0, 0.05) is 6.42 Å². The summed E-state index contributed by atoms with van der Waals surface area (Å²) in [7, 11) is 2.49. The van der Waals surface area contributed by atoms with E-state index in [-0.39, 0.29) is 6.42 Å². The maximum absolute atomic E-state index is 11.3. The van der Waals surface area contributed by atoms with Crippen LogP contribution in [0, 0.1) is 0 Å². The Morgan fingerprint density at radius 3 is 2.59 bits per heavy atom. The Bertz CT molecular complexity index is 413. The lowest BCUT2D eigenvalue weighted by atomic mass is 10.1. The second-order valence-electron chi connectivity index (χ2n) is 3.44. The first-order valence-corrected chi connectivity index (χ1v) is 5.01. The Morgan fingerprint density at radius 2 is 2.00 bits per heavy atom. The van der Waals surface area contributed by atoms with Crippen LogP contribution < -0.4 is 0 Å². The van der Waals surface area contributed by atoms with E-state index in [1.54, 1.807) is 24.3 Å². The monoisotopic (exact) mass is 238 g/mol. The maximum atomic E-state index is 11.3. The molecule has 0 heterocycles. The Balaban J connectivity index is 2.79. The number of benzene rings is 1. The van der Waals surface area contributed by atoms with Gasteiger partial charge in [-0.15, -0.1) is 0 Å². The van der Waals surface area contributed by atoms with Crippen molar-refractivity contribution < 1.29 is 24.2 Å². The van der Waals surface area contributed by atoms with Gasteiger partial charge in [0.05, 0.1) is 19.8 Å². The molecule has 0 amide bonds. The van der Waals surface area contributed by atoms with E-state index in [0.29, 0.717) is 11.1 Å². The van der Waals surface area contributed by atoms with Gasteiger partial charge in [-0.25, -0.2) is 9.59 Å². The van der Waals surface area contributed by atoms with Gasteiger partial charge in [-0.2, -0.15) is 0 Å². The second-order valence-corrected chi connectivity index (χ2v) is 3.44. The number of esters is 2. The molecule has 17 heavy (non-hydrogen) atoms. The Hall–Kier alpha value is -1.88. The molecule has 1 aromatic rings. The molecule has 0 bridgehead atoms. The van der Waals surface area contributed by atoms with Crippen molar-refractivity contribution in [3.05, 3.63) is 35.4 Å². The fourth-order valence-electron chi connectivity index (χ4n) is 1.39. The quantitative estimate of drug-likeness (QED) is 0.775. The molecule has 0 aliphatic rings. The van der Waals surface area contributed by atoms with Crippen LogP contribution in [0.25, 0.3) is 0 Å². The van der Waals surface area contributed by atoms with Gasteiger partial charge in [0.25, 0.3) is 0 Å². The number of carbonyl (C=O) groups is 2. The first-order valence-electron chi connectivity index (χ1n) is 5.01. The predicted molar refractivity (Wildman–Crippen MR) is 59.5 cm³/mol. The smallest absolute Gasteiger partial charge is 0.337 e. The summed E-state index contributed by atoms with van der Waals surface area (Å²) in [6, 6.07) is 6.53. The largest absolute Gasteiger partial charge is 0.467 e. The highest BCUT2D eigenvalue weighted by atomic mass is 16.5. The lowest BCUT2D eigenvalue weighted by Crippen LogP contribution is -2.24. The molecule has 0 saturated heterocycles. The highest BCUT2D eigenvalue weighted by Gasteiger charge is 2.16. The van der Waals surface area contributed by atoms with Gasteiger partial charge >= 0.3 is 11.9 Å². The number of aliphatic hydroxyl groups is 1. The molecule has 5 heteroatoms. The maximum Gasteiger partial charge on any atom is 0.337 e. The van der Waals surface area contributed by atoms with Crippen LogP contribution >= 0.6 is 0 Å². The van der Waals surface area contributed by atoms with Crippen LogP contribution in [0.3, 0.4) is 0 Å². The van der Waals surface area contributed by atoms with Crippen molar-refractivity contribution in [3.8, 4) is 0 Å². The van der Waals surface area contributed by atoms with Gasteiger partial charge in [-0.3, -0.25) is 0 Å². The molecule has 1 atom stereocenters. The number of rotatable bonds is 4. The lowest BCUT2D eigenvalue weighted by Gasteiger charge is -2.08. The highest BCUT2D eigenvalue weighted by Crippen LogP contribution is 2.09. The van der Waals surface area contributed by atoms with Crippen LogP contribution in [0.4, 0.5) is 0 Å². The first kappa shape index (κ1) is 13.2. The third kappa shape index (κ3) is 3.57. The van der Waals surface area contributed by atoms with E-state index >= 15 is 0 Å². The first-order chi connectivity index (χ1) is 8.08. The fraction of sp³-hybridized carbons (Fsp3) is 0.333. The molecule has 1 unspecified atom stereocenters. The van der Waals surface area contributed by atoms with Crippen molar-refractivity contribution in [2.24, 2.45) is 0 Å².